The molecule has 4 nitrogen and oxygen atoms in total. The lowest BCUT2D eigenvalue weighted by Crippen LogP contribution is -2.35. The molecule has 1 rings (SSSR count). The first-order valence-corrected chi connectivity index (χ1v) is 5.56. The third-order valence-electron chi connectivity index (χ3n) is 2.33. The van der Waals surface area contributed by atoms with Gasteiger partial charge in [-0.05, 0) is 25.1 Å². The van der Waals surface area contributed by atoms with E-state index in [9.17, 15) is 4.79 Å². The van der Waals surface area contributed by atoms with E-state index in [2.05, 4.69) is 5.32 Å². The second kappa shape index (κ2) is 5.68. The van der Waals surface area contributed by atoms with Crippen molar-refractivity contribution < 1.29 is 14.3 Å². The molecule has 1 amide bonds. The SMILES string of the molecule is Cc1ccc(/C=C/C(=O)NCC(C)(C)CO)o1. The quantitative estimate of drug-likeness (QED) is 0.767. The summed E-state index contributed by atoms with van der Waals surface area (Å²) in [7, 11) is 0. The van der Waals surface area contributed by atoms with Gasteiger partial charge in [-0.3, -0.25) is 4.79 Å². The van der Waals surface area contributed by atoms with Crippen LogP contribution >= 0.6 is 0 Å². The molecule has 0 unspecified atom stereocenters. The Bertz CT molecular complexity index is 405. The van der Waals surface area contributed by atoms with Gasteiger partial charge in [0.15, 0.2) is 0 Å². The Kier molecular flexibility index (Phi) is 4.52. The highest BCUT2D eigenvalue weighted by Gasteiger charge is 2.16. The summed E-state index contributed by atoms with van der Waals surface area (Å²) in [6.45, 7) is 6.08. The second-order valence-corrected chi connectivity index (χ2v) is 4.82. The van der Waals surface area contributed by atoms with Crippen molar-refractivity contribution in [3.63, 3.8) is 0 Å². The van der Waals surface area contributed by atoms with E-state index in [4.69, 9.17) is 9.52 Å². The summed E-state index contributed by atoms with van der Waals surface area (Å²) in [4.78, 5) is 11.5. The monoisotopic (exact) mass is 237 g/mol. The van der Waals surface area contributed by atoms with Crippen LogP contribution in [0.15, 0.2) is 22.6 Å². The number of carbonyl (C=O) groups excluding carboxylic acids is 1. The maximum Gasteiger partial charge on any atom is 0.244 e. The molecule has 17 heavy (non-hydrogen) atoms. The lowest BCUT2D eigenvalue weighted by atomic mass is 9.95. The number of furan rings is 1. The summed E-state index contributed by atoms with van der Waals surface area (Å²) < 4.78 is 5.29. The first-order chi connectivity index (χ1) is 7.93. The van der Waals surface area contributed by atoms with E-state index < -0.39 is 0 Å². The maximum atomic E-state index is 11.5. The van der Waals surface area contributed by atoms with Crippen molar-refractivity contribution in [1.29, 1.82) is 0 Å². The predicted molar refractivity (Wildman–Crippen MR) is 66.4 cm³/mol. The topological polar surface area (TPSA) is 62.5 Å². The molecular weight excluding hydrogens is 218 g/mol. The van der Waals surface area contributed by atoms with Crippen LogP contribution in [-0.2, 0) is 4.79 Å². The van der Waals surface area contributed by atoms with Crippen LogP contribution in [-0.4, -0.2) is 24.2 Å². The molecular formula is C13H19NO3. The molecule has 0 aromatic carbocycles. The Morgan fingerprint density at radius 1 is 1.53 bits per heavy atom. The number of nitrogens with one attached hydrogen (secondary N) is 1. The van der Waals surface area contributed by atoms with Crippen LogP contribution < -0.4 is 5.32 Å². The van der Waals surface area contributed by atoms with Gasteiger partial charge in [-0.25, -0.2) is 0 Å². The minimum absolute atomic E-state index is 0.0361. The molecule has 0 radical (unpaired) electrons. The summed E-state index contributed by atoms with van der Waals surface area (Å²) in [5, 5.41) is 11.8. The van der Waals surface area contributed by atoms with Crippen LogP contribution in [0.1, 0.15) is 25.4 Å². The Morgan fingerprint density at radius 2 is 2.24 bits per heavy atom. The first-order valence-electron chi connectivity index (χ1n) is 5.56. The Labute approximate surface area is 101 Å². The lowest BCUT2D eigenvalue weighted by Gasteiger charge is -2.21. The van der Waals surface area contributed by atoms with Crippen molar-refractivity contribution in [2.45, 2.75) is 20.8 Å². The molecule has 0 atom stereocenters. The molecule has 0 spiro atoms. The molecule has 0 bridgehead atoms. The highest BCUT2D eigenvalue weighted by molar-refractivity contribution is 5.91. The van der Waals surface area contributed by atoms with Gasteiger partial charge >= 0.3 is 0 Å². The Balaban J connectivity index is 2.42. The van der Waals surface area contributed by atoms with Gasteiger partial charge in [-0.1, -0.05) is 13.8 Å². The number of aryl methyl sites for hydroxylation is 1. The fraction of sp³-hybridized carbons (Fsp3) is 0.462. The van der Waals surface area contributed by atoms with Gasteiger partial charge in [0.25, 0.3) is 0 Å². The number of amides is 1. The van der Waals surface area contributed by atoms with Gasteiger partial charge in [0.2, 0.25) is 5.91 Å². The van der Waals surface area contributed by atoms with Crippen LogP contribution in [0.25, 0.3) is 6.08 Å². The van der Waals surface area contributed by atoms with Gasteiger partial charge in [0.1, 0.15) is 11.5 Å². The van der Waals surface area contributed by atoms with E-state index in [0.29, 0.717) is 12.3 Å². The lowest BCUT2D eigenvalue weighted by molar-refractivity contribution is -0.117. The minimum Gasteiger partial charge on any atom is -0.462 e. The van der Waals surface area contributed by atoms with Gasteiger partial charge in [-0.15, -0.1) is 0 Å². The number of aliphatic hydroxyl groups excluding tert-OH is 1. The number of hydrogen-bond acceptors (Lipinski definition) is 3. The van der Waals surface area contributed by atoms with E-state index >= 15 is 0 Å². The van der Waals surface area contributed by atoms with Crippen molar-refractivity contribution >= 4 is 12.0 Å². The molecule has 1 aromatic rings. The summed E-state index contributed by atoms with van der Waals surface area (Å²) in [6.07, 6.45) is 3.04. The summed E-state index contributed by atoms with van der Waals surface area (Å²) >= 11 is 0. The predicted octanol–water partition coefficient (Wildman–Crippen LogP) is 1.74. The summed E-state index contributed by atoms with van der Waals surface area (Å²) in [6, 6.07) is 3.64. The first kappa shape index (κ1) is 13.5. The van der Waals surface area contributed by atoms with Gasteiger partial charge in [-0.2, -0.15) is 0 Å². The number of rotatable bonds is 5. The third kappa shape index (κ3) is 4.87. The van der Waals surface area contributed by atoms with Crippen molar-refractivity contribution in [3.05, 3.63) is 29.7 Å². The molecule has 1 aromatic heterocycles. The van der Waals surface area contributed by atoms with E-state index in [1.165, 1.54) is 6.08 Å². The summed E-state index contributed by atoms with van der Waals surface area (Å²) in [5.74, 6) is 1.27. The van der Waals surface area contributed by atoms with Gasteiger partial charge in [0.05, 0.1) is 0 Å². The van der Waals surface area contributed by atoms with E-state index in [1.54, 1.807) is 12.1 Å². The van der Waals surface area contributed by atoms with Crippen LogP contribution in [0.2, 0.25) is 0 Å². The number of aliphatic hydroxyl groups is 1. The molecule has 0 saturated carbocycles. The average molecular weight is 237 g/mol. The minimum atomic E-state index is -0.301. The Morgan fingerprint density at radius 3 is 2.76 bits per heavy atom. The van der Waals surface area contributed by atoms with Crippen LogP contribution in [0.5, 0.6) is 0 Å². The van der Waals surface area contributed by atoms with Crippen LogP contribution in [0.4, 0.5) is 0 Å². The highest BCUT2D eigenvalue weighted by Crippen LogP contribution is 2.11. The molecule has 0 saturated heterocycles. The van der Waals surface area contributed by atoms with Crippen molar-refractivity contribution in [1.82, 2.24) is 5.32 Å². The summed E-state index contributed by atoms with van der Waals surface area (Å²) in [5.41, 5.74) is -0.301. The molecule has 4 heteroatoms. The third-order valence-corrected chi connectivity index (χ3v) is 2.33. The number of carbonyl (C=O) groups is 1. The molecule has 94 valence electrons. The fourth-order valence-electron chi connectivity index (χ4n) is 1.14. The van der Waals surface area contributed by atoms with Gasteiger partial charge in [0, 0.05) is 24.6 Å². The smallest absolute Gasteiger partial charge is 0.244 e. The standard InChI is InChI=1S/C13H19NO3/c1-10-4-5-11(17-10)6-7-12(16)14-8-13(2,3)9-15/h4-7,15H,8-9H2,1-3H3,(H,14,16)/b7-6+. The molecule has 1 heterocycles. The molecule has 0 aliphatic rings. The van der Waals surface area contributed by atoms with Crippen molar-refractivity contribution in [2.75, 3.05) is 13.2 Å². The van der Waals surface area contributed by atoms with Crippen LogP contribution in [0.3, 0.4) is 0 Å². The van der Waals surface area contributed by atoms with Gasteiger partial charge < -0.3 is 14.8 Å². The molecule has 0 fully saturated rings. The zero-order chi connectivity index (χ0) is 12.9. The molecule has 2 N–H and O–H groups in total. The van der Waals surface area contributed by atoms with Crippen LogP contribution in [0, 0.1) is 12.3 Å². The largest absolute Gasteiger partial charge is 0.462 e. The fourth-order valence-corrected chi connectivity index (χ4v) is 1.14. The average Bonchev–Trinajstić information content (AvgIpc) is 2.70. The Hall–Kier alpha value is -1.55. The van der Waals surface area contributed by atoms with E-state index in [0.717, 1.165) is 5.76 Å². The second-order valence-electron chi connectivity index (χ2n) is 4.82. The molecule has 0 aliphatic heterocycles. The number of hydrogen-bond donors (Lipinski definition) is 2. The van der Waals surface area contributed by atoms with Crippen molar-refractivity contribution in [3.8, 4) is 0 Å². The molecule has 0 aliphatic carbocycles. The van der Waals surface area contributed by atoms with E-state index in [1.807, 2.05) is 26.8 Å². The van der Waals surface area contributed by atoms with Crippen molar-refractivity contribution in [2.24, 2.45) is 5.41 Å². The normalized spacial score (nSPS) is 12.0. The van der Waals surface area contributed by atoms with E-state index in [-0.39, 0.29) is 17.9 Å². The highest BCUT2D eigenvalue weighted by atomic mass is 16.3. The zero-order valence-corrected chi connectivity index (χ0v) is 10.5. The maximum absolute atomic E-state index is 11.5. The zero-order valence-electron chi connectivity index (χ0n) is 10.5.